The quantitative estimate of drug-likeness (QED) is 0.433. The number of anilines is 2. The highest BCUT2D eigenvalue weighted by Crippen LogP contribution is 2.25. The monoisotopic (exact) mass is 523 g/mol. The van der Waals surface area contributed by atoms with Gasteiger partial charge in [0.05, 0.1) is 21.8 Å². The molecule has 3 aromatic carbocycles. The molecule has 194 valence electrons. The van der Waals surface area contributed by atoms with Crippen LogP contribution >= 0.6 is 0 Å². The van der Waals surface area contributed by atoms with Gasteiger partial charge in [-0.1, -0.05) is 49.1 Å². The summed E-state index contributed by atoms with van der Waals surface area (Å²) < 4.78 is 41.4. The summed E-state index contributed by atoms with van der Waals surface area (Å²) in [5.74, 6) is -1.47. The van der Waals surface area contributed by atoms with E-state index < -0.39 is 28.3 Å². The average Bonchev–Trinajstić information content (AvgIpc) is 2.89. The Kier molecular flexibility index (Phi) is 8.23. The molecule has 0 spiro atoms. The number of hydrogen-bond acceptors (Lipinski definition) is 4. The molecule has 0 aliphatic heterocycles. The lowest BCUT2D eigenvalue weighted by Crippen LogP contribution is -2.39. The zero-order valence-electron chi connectivity index (χ0n) is 20.6. The topological polar surface area (TPSA) is 95.6 Å². The van der Waals surface area contributed by atoms with Gasteiger partial charge in [-0.25, -0.2) is 12.8 Å². The minimum absolute atomic E-state index is 0.0999. The van der Waals surface area contributed by atoms with Gasteiger partial charge in [0.15, 0.2) is 0 Å². The van der Waals surface area contributed by atoms with Gasteiger partial charge in [-0.05, 0) is 68.3 Å². The lowest BCUT2D eigenvalue weighted by Gasteiger charge is -2.25. The first-order chi connectivity index (χ1) is 17.7. The van der Waals surface area contributed by atoms with Gasteiger partial charge in [-0.2, -0.15) is 0 Å². The Labute approximate surface area is 216 Å². The van der Waals surface area contributed by atoms with Crippen molar-refractivity contribution in [3.63, 3.8) is 0 Å². The lowest BCUT2D eigenvalue weighted by atomic mass is 9.95. The molecular formula is C28H30FN3O4S. The van der Waals surface area contributed by atoms with E-state index in [1.165, 1.54) is 0 Å². The summed E-state index contributed by atoms with van der Waals surface area (Å²) >= 11 is 0. The number of nitrogens with one attached hydrogen (secondary N) is 2. The second-order valence-electron chi connectivity index (χ2n) is 9.20. The first kappa shape index (κ1) is 26.3. The van der Waals surface area contributed by atoms with E-state index in [9.17, 15) is 22.4 Å². The Morgan fingerprint density at radius 3 is 2.24 bits per heavy atom. The number of carbonyl (C=O) groups excluding carboxylic acids is 2. The second-order valence-corrected chi connectivity index (χ2v) is 11.1. The number of aryl methyl sites for hydroxylation is 1. The van der Waals surface area contributed by atoms with Crippen LogP contribution in [0.15, 0.2) is 77.7 Å². The molecule has 0 radical (unpaired) electrons. The molecule has 0 unspecified atom stereocenters. The number of carbonyl (C=O) groups is 2. The number of halogens is 1. The fraction of sp³-hybridized carbons (Fsp3) is 0.286. The van der Waals surface area contributed by atoms with Crippen molar-refractivity contribution >= 4 is 33.2 Å². The van der Waals surface area contributed by atoms with Gasteiger partial charge in [0.1, 0.15) is 12.4 Å². The molecule has 37 heavy (non-hydrogen) atoms. The zero-order chi connectivity index (χ0) is 26.4. The number of sulfonamides is 1. The van der Waals surface area contributed by atoms with E-state index in [1.807, 2.05) is 6.92 Å². The van der Waals surface area contributed by atoms with E-state index >= 15 is 0 Å². The van der Waals surface area contributed by atoms with Gasteiger partial charge in [0.25, 0.3) is 15.9 Å². The third-order valence-electron chi connectivity index (χ3n) is 6.40. The molecule has 0 aromatic heterocycles. The number of hydrogen-bond donors (Lipinski definition) is 2. The second kappa shape index (κ2) is 11.6. The summed E-state index contributed by atoms with van der Waals surface area (Å²) in [6.07, 6.45) is 5.15. The van der Waals surface area contributed by atoms with E-state index in [0.29, 0.717) is 11.3 Å². The number of nitrogens with zero attached hydrogens (tertiary/aromatic N) is 1. The minimum Gasteiger partial charge on any atom is -0.349 e. The van der Waals surface area contributed by atoms with Crippen LogP contribution in [0, 0.1) is 12.7 Å². The van der Waals surface area contributed by atoms with Crippen LogP contribution in [-0.2, 0) is 14.8 Å². The van der Waals surface area contributed by atoms with E-state index in [4.69, 9.17) is 0 Å². The van der Waals surface area contributed by atoms with Gasteiger partial charge in [0.2, 0.25) is 5.91 Å². The fourth-order valence-electron chi connectivity index (χ4n) is 4.38. The van der Waals surface area contributed by atoms with Crippen molar-refractivity contribution in [3.8, 4) is 0 Å². The maximum atomic E-state index is 13.5. The smallest absolute Gasteiger partial charge is 0.264 e. The third-order valence-corrected chi connectivity index (χ3v) is 8.19. The van der Waals surface area contributed by atoms with E-state index in [0.717, 1.165) is 66.2 Å². The normalized spacial score (nSPS) is 14.1. The Bertz CT molecular complexity index is 1350. The van der Waals surface area contributed by atoms with Gasteiger partial charge < -0.3 is 10.6 Å². The SMILES string of the molecule is Cc1ccc(N(CC(=O)Nc2ccccc2C(=O)NC2CCCCC2)S(=O)(=O)c2ccc(F)cc2)cc1. The summed E-state index contributed by atoms with van der Waals surface area (Å²) in [6, 6.07) is 17.9. The van der Waals surface area contributed by atoms with E-state index in [-0.39, 0.29) is 22.5 Å². The van der Waals surface area contributed by atoms with Gasteiger partial charge in [0, 0.05) is 6.04 Å². The summed E-state index contributed by atoms with van der Waals surface area (Å²) in [7, 11) is -4.19. The molecule has 9 heteroatoms. The molecule has 2 N–H and O–H groups in total. The van der Waals surface area contributed by atoms with Crippen molar-refractivity contribution in [2.45, 2.75) is 50.0 Å². The van der Waals surface area contributed by atoms with Crippen molar-refractivity contribution in [3.05, 3.63) is 89.7 Å². The predicted octanol–water partition coefficient (Wildman–Crippen LogP) is 5.03. The number of rotatable bonds is 8. The molecule has 1 saturated carbocycles. The van der Waals surface area contributed by atoms with Crippen molar-refractivity contribution in [2.24, 2.45) is 0 Å². The van der Waals surface area contributed by atoms with Crippen LogP contribution in [0.1, 0.15) is 48.0 Å². The molecule has 2 amide bonds. The van der Waals surface area contributed by atoms with Crippen molar-refractivity contribution in [2.75, 3.05) is 16.2 Å². The molecule has 1 fully saturated rings. The van der Waals surface area contributed by atoms with Gasteiger partial charge in [-0.3, -0.25) is 13.9 Å². The van der Waals surface area contributed by atoms with E-state index in [1.54, 1.807) is 48.5 Å². The standard InChI is InChI=1S/C28H30FN3O4S/c1-20-11-15-23(16-12-20)32(37(35,36)24-17-13-21(29)14-18-24)19-27(33)31-26-10-6-5-9-25(26)28(34)30-22-7-3-2-4-8-22/h5-6,9-18,22H,2-4,7-8,19H2,1H3,(H,30,34)(H,31,33). The fourth-order valence-corrected chi connectivity index (χ4v) is 5.80. The summed E-state index contributed by atoms with van der Waals surface area (Å²) in [6.45, 7) is 1.33. The summed E-state index contributed by atoms with van der Waals surface area (Å²) in [5, 5.41) is 5.75. The number of para-hydroxylation sites is 1. The first-order valence-electron chi connectivity index (χ1n) is 12.3. The van der Waals surface area contributed by atoms with Crippen molar-refractivity contribution in [1.29, 1.82) is 0 Å². The molecular weight excluding hydrogens is 493 g/mol. The molecule has 4 rings (SSSR count). The Morgan fingerprint density at radius 2 is 1.57 bits per heavy atom. The van der Waals surface area contributed by atoms with Crippen LogP contribution in [0.5, 0.6) is 0 Å². The van der Waals surface area contributed by atoms with Crippen LogP contribution in [0.4, 0.5) is 15.8 Å². The molecule has 1 aliphatic rings. The highest BCUT2D eigenvalue weighted by atomic mass is 32.2. The maximum Gasteiger partial charge on any atom is 0.264 e. The average molecular weight is 524 g/mol. The molecule has 1 aliphatic carbocycles. The number of benzene rings is 3. The largest absolute Gasteiger partial charge is 0.349 e. The highest BCUT2D eigenvalue weighted by Gasteiger charge is 2.28. The van der Waals surface area contributed by atoms with Crippen LogP contribution in [0.25, 0.3) is 0 Å². The minimum atomic E-state index is -4.19. The summed E-state index contributed by atoms with van der Waals surface area (Å²) in [4.78, 5) is 26.0. The van der Waals surface area contributed by atoms with Crippen LogP contribution in [-0.4, -0.2) is 32.8 Å². The Hall–Kier alpha value is -3.72. The van der Waals surface area contributed by atoms with Gasteiger partial charge in [-0.15, -0.1) is 0 Å². The highest BCUT2D eigenvalue weighted by molar-refractivity contribution is 7.92. The molecule has 0 heterocycles. The van der Waals surface area contributed by atoms with Crippen LogP contribution in [0.2, 0.25) is 0 Å². The molecule has 0 atom stereocenters. The molecule has 0 bridgehead atoms. The number of amides is 2. The molecule has 0 saturated heterocycles. The van der Waals surface area contributed by atoms with Gasteiger partial charge >= 0.3 is 0 Å². The van der Waals surface area contributed by atoms with Crippen molar-refractivity contribution in [1.82, 2.24) is 5.32 Å². The molecule has 7 nitrogen and oxygen atoms in total. The lowest BCUT2D eigenvalue weighted by molar-refractivity contribution is -0.114. The summed E-state index contributed by atoms with van der Waals surface area (Å²) in [5.41, 5.74) is 1.81. The zero-order valence-corrected chi connectivity index (χ0v) is 21.4. The van der Waals surface area contributed by atoms with Crippen LogP contribution < -0.4 is 14.9 Å². The Balaban J connectivity index is 1.57. The molecule has 3 aromatic rings. The van der Waals surface area contributed by atoms with Crippen molar-refractivity contribution < 1.29 is 22.4 Å². The van der Waals surface area contributed by atoms with Crippen LogP contribution in [0.3, 0.4) is 0 Å². The third kappa shape index (κ3) is 6.54. The Morgan fingerprint density at radius 1 is 0.919 bits per heavy atom. The maximum absolute atomic E-state index is 13.5. The first-order valence-corrected chi connectivity index (χ1v) is 13.7. The predicted molar refractivity (Wildman–Crippen MR) is 142 cm³/mol. The van der Waals surface area contributed by atoms with E-state index in [2.05, 4.69) is 10.6 Å².